The second-order valence-electron chi connectivity index (χ2n) is 5.11. The number of hydrogen-bond acceptors (Lipinski definition) is 5. The van der Waals surface area contributed by atoms with Crippen molar-refractivity contribution in [2.45, 2.75) is 11.8 Å². The molecule has 0 atom stereocenters. The van der Waals surface area contributed by atoms with E-state index in [0.717, 1.165) is 10.5 Å². The fourth-order valence-electron chi connectivity index (χ4n) is 1.97. The molecular formula is C16H16BrN3O5S. The number of nitrogens with one attached hydrogen (secondary N) is 3. The molecule has 138 valence electrons. The summed E-state index contributed by atoms with van der Waals surface area (Å²) in [7, 11) is -2.69. The van der Waals surface area contributed by atoms with Gasteiger partial charge in [0.25, 0.3) is 15.9 Å². The Morgan fingerprint density at radius 2 is 1.69 bits per heavy atom. The number of amides is 2. The van der Waals surface area contributed by atoms with E-state index < -0.39 is 21.8 Å². The van der Waals surface area contributed by atoms with Crippen molar-refractivity contribution < 1.29 is 22.7 Å². The maximum absolute atomic E-state index is 12.7. The molecular weight excluding hydrogens is 426 g/mol. The highest BCUT2D eigenvalue weighted by molar-refractivity contribution is 9.10. The minimum Gasteiger partial charge on any atom is -0.495 e. The summed E-state index contributed by atoms with van der Waals surface area (Å²) in [6, 6.07) is 10.5. The molecule has 0 aliphatic heterocycles. The van der Waals surface area contributed by atoms with Gasteiger partial charge in [0.1, 0.15) is 10.6 Å². The van der Waals surface area contributed by atoms with Crippen LogP contribution in [-0.2, 0) is 14.8 Å². The lowest BCUT2D eigenvalue weighted by atomic mass is 10.2. The van der Waals surface area contributed by atoms with Crippen molar-refractivity contribution in [1.82, 2.24) is 10.9 Å². The van der Waals surface area contributed by atoms with Crippen molar-refractivity contribution >= 4 is 43.5 Å². The zero-order valence-corrected chi connectivity index (χ0v) is 16.3. The number of hydrazine groups is 1. The highest BCUT2D eigenvalue weighted by Crippen LogP contribution is 2.27. The van der Waals surface area contributed by atoms with Gasteiger partial charge in [0, 0.05) is 22.6 Å². The van der Waals surface area contributed by atoms with Gasteiger partial charge in [0.05, 0.1) is 7.11 Å². The van der Waals surface area contributed by atoms with Crippen LogP contribution in [-0.4, -0.2) is 27.3 Å². The highest BCUT2D eigenvalue weighted by atomic mass is 79.9. The Hall–Kier alpha value is -2.59. The first-order valence-electron chi connectivity index (χ1n) is 7.26. The second-order valence-corrected chi connectivity index (χ2v) is 7.68. The van der Waals surface area contributed by atoms with Crippen LogP contribution in [0.15, 0.2) is 51.8 Å². The molecule has 0 fully saturated rings. The molecule has 0 aliphatic rings. The average Bonchev–Trinajstić information content (AvgIpc) is 2.60. The normalized spacial score (nSPS) is 10.7. The summed E-state index contributed by atoms with van der Waals surface area (Å²) >= 11 is 3.27. The highest BCUT2D eigenvalue weighted by Gasteiger charge is 2.22. The average molecular weight is 442 g/mol. The number of methoxy groups -OCH3 is 1. The van der Waals surface area contributed by atoms with Gasteiger partial charge in [-0.3, -0.25) is 25.2 Å². The molecule has 0 spiro atoms. The Kier molecular flexibility index (Phi) is 6.22. The number of benzene rings is 2. The molecule has 26 heavy (non-hydrogen) atoms. The Labute approximate surface area is 159 Å². The van der Waals surface area contributed by atoms with Gasteiger partial charge in [0.15, 0.2) is 0 Å². The topological polar surface area (TPSA) is 114 Å². The fourth-order valence-corrected chi connectivity index (χ4v) is 3.49. The van der Waals surface area contributed by atoms with Crippen molar-refractivity contribution in [3.8, 4) is 5.75 Å². The van der Waals surface area contributed by atoms with Crippen LogP contribution in [0.3, 0.4) is 0 Å². The summed E-state index contributed by atoms with van der Waals surface area (Å²) < 4.78 is 33.7. The molecule has 0 radical (unpaired) electrons. The predicted molar refractivity (Wildman–Crippen MR) is 99.2 cm³/mol. The quantitative estimate of drug-likeness (QED) is 0.614. The Balaban J connectivity index is 2.35. The minimum atomic E-state index is -4.01. The molecule has 2 aromatic rings. The zero-order valence-electron chi connectivity index (χ0n) is 13.9. The van der Waals surface area contributed by atoms with E-state index in [1.807, 2.05) is 0 Å². The molecule has 0 aliphatic carbocycles. The molecule has 10 heteroatoms. The standard InChI is InChI=1S/C16H16BrN3O5S/c1-10(21)18-19-16(22)11-3-8-14(25-2)15(9-11)26(23,24)20-13-6-4-12(17)5-7-13/h3-9,20H,1-2H3,(H,18,21)(H,19,22). The molecule has 0 bridgehead atoms. The lowest BCUT2D eigenvalue weighted by Crippen LogP contribution is -2.40. The van der Waals surface area contributed by atoms with Gasteiger partial charge in [-0.1, -0.05) is 15.9 Å². The first kappa shape index (κ1) is 19.7. The third-order valence-corrected chi connectivity index (χ3v) is 5.09. The first-order chi connectivity index (χ1) is 12.2. The van der Waals surface area contributed by atoms with Crippen LogP contribution in [0.5, 0.6) is 5.75 Å². The summed E-state index contributed by atoms with van der Waals surface area (Å²) in [4.78, 5) is 22.7. The van der Waals surface area contributed by atoms with Crippen molar-refractivity contribution in [2.24, 2.45) is 0 Å². The lowest BCUT2D eigenvalue weighted by Gasteiger charge is -2.13. The zero-order chi connectivity index (χ0) is 19.3. The van der Waals surface area contributed by atoms with Crippen molar-refractivity contribution in [1.29, 1.82) is 0 Å². The van der Waals surface area contributed by atoms with Gasteiger partial charge in [-0.25, -0.2) is 8.42 Å². The number of anilines is 1. The SMILES string of the molecule is COc1ccc(C(=O)NNC(C)=O)cc1S(=O)(=O)Nc1ccc(Br)cc1. The van der Waals surface area contributed by atoms with Gasteiger partial charge in [-0.15, -0.1) is 0 Å². The van der Waals surface area contributed by atoms with Crippen molar-refractivity contribution in [3.63, 3.8) is 0 Å². The number of halogens is 1. The summed E-state index contributed by atoms with van der Waals surface area (Å²) in [6.07, 6.45) is 0. The molecule has 0 saturated carbocycles. The second kappa shape index (κ2) is 8.19. The summed E-state index contributed by atoms with van der Waals surface area (Å²) in [5.74, 6) is -1.05. The summed E-state index contributed by atoms with van der Waals surface area (Å²) in [5.41, 5.74) is 4.70. The number of ether oxygens (including phenoxy) is 1. The Bertz CT molecular complexity index is 929. The fraction of sp³-hybridized carbons (Fsp3) is 0.125. The maximum Gasteiger partial charge on any atom is 0.269 e. The van der Waals surface area contributed by atoms with E-state index in [1.54, 1.807) is 24.3 Å². The predicted octanol–water partition coefficient (Wildman–Crippen LogP) is 2.04. The third-order valence-electron chi connectivity index (χ3n) is 3.16. The monoisotopic (exact) mass is 441 g/mol. The first-order valence-corrected chi connectivity index (χ1v) is 9.54. The molecule has 0 aromatic heterocycles. The molecule has 2 amide bonds. The van der Waals surface area contributed by atoms with Crippen LogP contribution in [0.2, 0.25) is 0 Å². The van der Waals surface area contributed by atoms with E-state index in [1.165, 1.54) is 26.2 Å². The van der Waals surface area contributed by atoms with Crippen LogP contribution >= 0.6 is 15.9 Å². The van der Waals surface area contributed by atoms with Crippen LogP contribution in [0.25, 0.3) is 0 Å². The van der Waals surface area contributed by atoms with Gasteiger partial charge < -0.3 is 4.74 Å². The Morgan fingerprint density at radius 1 is 1.04 bits per heavy atom. The third kappa shape index (κ3) is 4.96. The van der Waals surface area contributed by atoms with Crippen LogP contribution in [0.4, 0.5) is 5.69 Å². The van der Waals surface area contributed by atoms with E-state index in [-0.39, 0.29) is 16.2 Å². The van der Waals surface area contributed by atoms with Crippen LogP contribution in [0, 0.1) is 0 Å². The number of carbonyl (C=O) groups excluding carboxylic acids is 2. The van der Waals surface area contributed by atoms with Gasteiger partial charge in [0.2, 0.25) is 5.91 Å². The molecule has 3 N–H and O–H groups in total. The molecule has 0 unspecified atom stereocenters. The van der Waals surface area contributed by atoms with Crippen LogP contribution < -0.4 is 20.3 Å². The van der Waals surface area contributed by atoms with E-state index in [9.17, 15) is 18.0 Å². The number of carbonyl (C=O) groups is 2. The maximum atomic E-state index is 12.7. The van der Waals surface area contributed by atoms with E-state index >= 15 is 0 Å². The Morgan fingerprint density at radius 3 is 2.27 bits per heavy atom. The molecule has 8 nitrogen and oxygen atoms in total. The van der Waals surface area contributed by atoms with Crippen LogP contribution in [0.1, 0.15) is 17.3 Å². The lowest BCUT2D eigenvalue weighted by molar-refractivity contribution is -0.119. The smallest absolute Gasteiger partial charge is 0.269 e. The molecule has 2 aromatic carbocycles. The van der Waals surface area contributed by atoms with Gasteiger partial charge >= 0.3 is 0 Å². The summed E-state index contributed by atoms with van der Waals surface area (Å²) in [5, 5.41) is 0. The molecule has 0 saturated heterocycles. The number of sulfonamides is 1. The number of hydrogen-bond donors (Lipinski definition) is 3. The van der Waals surface area contributed by atoms with E-state index in [2.05, 4.69) is 31.5 Å². The molecule has 2 rings (SSSR count). The van der Waals surface area contributed by atoms with Crippen molar-refractivity contribution in [3.05, 3.63) is 52.5 Å². The van der Waals surface area contributed by atoms with Gasteiger partial charge in [-0.05, 0) is 42.5 Å². The van der Waals surface area contributed by atoms with Crippen molar-refractivity contribution in [2.75, 3.05) is 11.8 Å². The number of rotatable bonds is 5. The van der Waals surface area contributed by atoms with E-state index in [4.69, 9.17) is 4.74 Å². The largest absolute Gasteiger partial charge is 0.495 e. The van der Waals surface area contributed by atoms with Gasteiger partial charge in [-0.2, -0.15) is 0 Å². The van der Waals surface area contributed by atoms with E-state index in [0.29, 0.717) is 5.69 Å². The summed E-state index contributed by atoms with van der Waals surface area (Å²) in [6.45, 7) is 1.23. The molecule has 0 heterocycles. The minimum absolute atomic E-state index is 0.0377.